The van der Waals surface area contributed by atoms with E-state index < -0.39 is 11.6 Å². The fourth-order valence-corrected chi connectivity index (χ4v) is 3.13. The maximum Gasteiger partial charge on any atom is 0.149 e. The molecule has 3 heteroatoms. The van der Waals surface area contributed by atoms with Crippen molar-refractivity contribution >= 4 is 5.69 Å². The van der Waals surface area contributed by atoms with E-state index in [1.165, 1.54) is 31.4 Å². The molecule has 2 atom stereocenters. The summed E-state index contributed by atoms with van der Waals surface area (Å²) in [6, 6.07) is 4.06. The minimum Gasteiger partial charge on any atom is -0.380 e. The second kappa shape index (κ2) is 6.36. The number of rotatable bonds is 4. The molecule has 1 aliphatic carbocycles. The highest BCUT2D eigenvalue weighted by Gasteiger charge is 2.23. The van der Waals surface area contributed by atoms with Crippen molar-refractivity contribution in [2.24, 2.45) is 11.8 Å². The summed E-state index contributed by atoms with van der Waals surface area (Å²) < 4.78 is 26.5. The molecule has 0 amide bonds. The molecule has 0 saturated heterocycles. The molecule has 1 fully saturated rings. The van der Waals surface area contributed by atoms with Gasteiger partial charge in [-0.05, 0) is 43.2 Å². The molecule has 1 aliphatic rings. The monoisotopic (exact) mass is 267 g/mol. The highest BCUT2D eigenvalue weighted by molar-refractivity contribution is 5.45. The third kappa shape index (κ3) is 4.19. The summed E-state index contributed by atoms with van der Waals surface area (Å²) >= 11 is 0. The molecule has 1 N–H and O–H groups in total. The second-order valence-corrected chi connectivity index (χ2v) is 6.13. The molecule has 2 unspecified atom stereocenters. The number of benzene rings is 1. The smallest absolute Gasteiger partial charge is 0.149 e. The summed E-state index contributed by atoms with van der Waals surface area (Å²) in [5.74, 6) is 0.427. The number of nitrogens with one attached hydrogen (secondary N) is 1. The van der Waals surface area contributed by atoms with E-state index in [1.54, 1.807) is 0 Å². The van der Waals surface area contributed by atoms with Gasteiger partial charge in [0.2, 0.25) is 0 Å². The summed E-state index contributed by atoms with van der Waals surface area (Å²) in [5.41, 5.74) is 0.427. The Balaban J connectivity index is 1.94. The number of halogens is 2. The Morgan fingerprint density at radius 2 is 2.05 bits per heavy atom. The van der Waals surface area contributed by atoms with Crippen LogP contribution in [0, 0.1) is 23.5 Å². The molecule has 0 heterocycles. The first-order chi connectivity index (χ1) is 9.04. The van der Waals surface area contributed by atoms with Gasteiger partial charge in [0, 0.05) is 12.1 Å². The second-order valence-electron chi connectivity index (χ2n) is 6.13. The lowest BCUT2D eigenvalue weighted by atomic mass is 9.81. The summed E-state index contributed by atoms with van der Waals surface area (Å²) in [6.45, 7) is 4.49. The largest absolute Gasteiger partial charge is 0.380 e. The molecule has 0 aliphatic heterocycles. The Labute approximate surface area is 114 Å². The van der Waals surface area contributed by atoms with Crippen molar-refractivity contribution in [3.05, 3.63) is 29.8 Å². The lowest BCUT2D eigenvalue weighted by Crippen LogP contribution is -2.28. The van der Waals surface area contributed by atoms with Crippen LogP contribution >= 0.6 is 0 Å². The Morgan fingerprint density at radius 1 is 1.26 bits per heavy atom. The Kier molecular flexibility index (Phi) is 4.78. The average Bonchev–Trinajstić information content (AvgIpc) is 2.32. The number of hydrogen-bond donors (Lipinski definition) is 1. The molecule has 19 heavy (non-hydrogen) atoms. The predicted molar refractivity (Wildman–Crippen MR) is 75.2 cm³/mol. The van der Waals surface area contributed by atoms with Crippen LogP contribution in [0.2, 0.25) is 0 Å². The molecule has 106 valence electrons. The van der Waals surface area contributed by atoms with E-state index >= 15 is 0 Å². The van der Waals surface area contributed by atoms with Gasteiger partial charge in [0.25, 0.3) is 0 Å². The van der Waals surface area contributed by atoms with Gasteiger partial charge >= 0.3 is 0 Å². The first kappa shape index (κ1) is 14.3. The molecule has 1 aromatic carbocycles. The van der Waals surface area contributed by atoms with Crippen molar-refractivity contribution in [1.29, 1.82) is 0 Å². The third-order valence-electron chi connectivity index (χ3n) is 3.88. The maximum atomic E-state index is 13.6. The zero-order valence-electron chi connectivity index (χ0n) is 11.8. The summed E-state index contributed by atoms with van der Waals surface area (Å²) in [7, 11) is 0. The van der Waals surface area contributed by atoms with Crippen LogP contribution in [0.25, 0.3) is 0 Å². The van der Waals surface area contributed by atoms with E-state index in [9.17, 15) is 8.78 Å². The summed E-state index contributed by atoms with van der Waals surface area (Å²) in [6.07, 6.45) is 5.88. The van der Waals surface area contributed by atoms with Crippen LogP contribution < -0.4 is 5.32 Å². The predicted octanol–water partition coefficient (Wildman–Crippen LogP) is 4.98. The van der Waals surface area contributed by atoms with Gasteiger partial charge in [-0.3, -0.25) is 0 Å². The van der Waals surface area contributed by atoms with Crippen LogP contribution in [0.4, 0.5) is 14.5 Å². The van der Waals surface area contributed by atoms with E-state index in [0.29, 0.717) is 17.6 Å². The van der Waals surface area contributed by atoms with Crippen LogP contribution in [0.3, 0.4) is 0 Å². The van der Waals surface area contributed by atoms with Gasteiger partial charge in [0.1, 0.15) is 11.6 Å². The molecule has 0 radical (unpaired) electrons. The van der Waals surface area contributed by atoms with E-state index in [4.69, 9.17) is 0 Å². The first-order valence-electron chi connectivity index (χ1n) is 7.26. The van der Waals surface area contributed by atoms with Crippen LogP contribution in [0.15, 0.2) is 18.2 Å². The van der Waals surface area contributed by atoms with Crippen LogP contribution in [-0.4, -0.2) is 6.04 Å². The van der Waals surface area contributed by atoms with Crippen molar-refractivity contribution in [1.82, 2.24) is 0 Å². The van der Waals surface area contributed by atoms with Crippen LogP contribution in [-0.2, 0) is 0 Å². The SMILES string of the molecule is CC(C)CC1CCCC(Nc2ccc(F)cc2F)C1. The maximum absolute atomic E-state index is 13.6. The fourth-order valence-electron chi connectivity index (χ4n) is 3.13. The molecule has 0 aromatic heterocycles. The molecule has 2 rings (SSSR count). The lowest BCUT2D eigenvalue weighted by molar-refractivity contribution is 0.288. The summed E-state index contributed by atoms with van der Waals surface area (Å²) in [4.78, 5) is 0. The van der Waals surface area contributed by atoms with E-state index in [0.717, 1.165) is 24.8 Å². The zero-order chi connectivity index (χ0) is 13.8. The van der Waals surface area contributed by atoms with Gasteiger partial charge in [-0.2, -0.15) is 0 Å². The van der Waals surface area contributed by atoms with Gasteiger partial charge in [-0.25, -0.2) is 8.78 Å². The minimum absolute atomic E-state index is 0.317. The lowest BCUT2D eigenvalue weighted by Gasteiger charge is -2.31. The van der Waals surface area contributed by atoms with Gasteiger partial charge in [0.15, 0.2) is 0 Å². The average molecular weight is 267 g/mol. The number of hydrogen-bond acceptors (Lipinski definition) is 1. The van der Waals surface area contributed by atoms with Crippen LogP contribution in [0.5, 0.6) is 0 Å². The van der Waals surface area contributed by atoms with Gasteiger partial charge in [-0.15, -0.1) is 0 Å². The number of anilines is 1. The molecule has 1 nitrogen and oxygen atoms in total. The minimum atomic E-state index is -0.524. The highest BCUT2D eigenvalue weighted by atomic mass is 19.1. The first-order valence-corrected chi connectivity index (χ1v) is 7.26. The zero-order valence-corrected chi connectivity index (χ0v) is 11.8. The van der Waals surface area contributed by atoms with Crippen molar-refractivity contribution < 1.29 is 8.78 Å². The highest BCUT2D eigenvalue weighted by Crippen LogP contribution is 2.31. The molecule has 1 saturated carbocycles. The summed E-state index contributed by atoms with van der Waals surface area (Å²) in [5, 5.41) is 3.24. The van der Waals surface area contributed by atoms with Gasteiger partial charge in [-0.1, -0.05) is 26.7 Å². The Hall–Kier alpha value is -1.12. The van der Waals surface area contributed by atoms with Gasteiger partial charge in [0.05, 0.1) is 5.69 Å². The molecule has 1 aromatic rings. The van der Waals surface area contributed by atoms with E-state index in [-0.39, 0.29) is 0 Å². The van der Waals surface area contributed by atoms with Crippen LogP contribution in [0.1, 0.15) is 46.0 Å². The van der Waals surface area contributed by atoms with E-state index in [1.807, 2.05) is 0 Å². The van der Waals surface area contributed by atoms with Crippen molar-refractivity contribution in [3.8, 4) is 0 Å². The molecular weight excluding hydrogens is 244 g/mol. The molecule has 0 bridgehead atoms. The van der Waals surface area contributed by atoms with Crippen molar-refractivity contribution in [2.45, 2.75) is 52.0 Å². The Morgan fingerprint density at radius 3 is 2.74 bits per heavy atom. The quantitative estimate of drug-likeness (QED) is 0.811. The topological polar surface area (TPSA) is 12.0 Å². The standard InChI is InChI=1S/C16H23F2N/c1-11(2)8-12-4-3-5-14(9-12)19-16-7-6-13(17)10-15(16)18/h6-7,10-12,14,19H,3-5,8-9H2,1-2H3. The fraction of sp³-hybridized carbons (Fsp3) is 0.625. The molecular formula is C16H23F2N. The Bertz CT molecular complexity index is 417. The molecule has 0 spiro atoms. The van der Waals surface area contributed by atoms with E-state index in [2.05, 4.69) is 19.2 Å². The van der Waals surface area contributed by atoms with Crippen molar-refractivity contribution in [2.75, 3.05) is 5.32 Å². The normalized spacial score (nSPS) is 23.6. The van der Waals surface area contributed by atoms with Gasteiger partial charge < -0.3 is 5.32 Å². The third-order valence-corrected chi connectivity index (χ3v) is 3.88. The van der Waals surface area contributed by atoms with Crippen molar-refractivity contribution in [3.63, 3.8) is 0 Å².